The van der Waals surface area contributed by atoms with Crippen LogP contribution in [-0.4, -0.2) is 40.1 Å². The number of ether oxygens (including phenoxy) is 2. The van der Waals surface area contributed by atoms with Crippen molar-refractivity contribution in [2.24, 2.45) is 5.73 Å². The maximum Gasteiger partial charge on any atom is 0.326 e. The third kappa shape index (κ3) is 4.86. The Labute approximate surface area is 191 Å². The number of nitrogens with one attached hydrogen (secondary N) is 1. The summed E-state index contributed by atoms with van der Waals surface area (Å²) in [5.74, 6) is -1.16. The summed E-state index contributed by atoms with van der Waals surface area (Å²) in [4.78, 5) is 11.8. The van der Waals surface area contributed by atoms with Crippen LogP contribution in [0.2, 0.25) is 0 Å². The number of hydrogen-bond acceptors (Lipinski definition) is 6. The summed E-state index contributed by atoms with van der Waals surface area (Å²) in [6.45, 7) is 1.80. The van der Waals surface area contributed by atoms with Crippen molar-refractivity contribution in [1.82, 2.24) is 4.72 Å². The quantitative estimate of drug-likeness (QED) is 0.520. The average molecular weight is 474 g/mol. The normalized spacial score (nSPS) is 16.0. The van der Waals surface area contributed by atoms with Crippen LogP contribution in [0, 0.1) is 5.82 Å². The number of rotatable bonds is 8. The number of halogens is 1. The van der Waals surface area contributed by atoms with Crippen LogP contribution in [0.1, 0.15) is 12.5 Å². The second kappa shape index (κ2) is 9.24. The molecule has 8 nitrogen and oxygen atoms in total. The van der Waals surface area contributed by atoms with Crippen LogP contribution in [0.4, 0.5) is 10.1 Å². The number of benzene rings is 3. The molecule has 4 rings (SSSR count). The zero-order chi connectivity index (χ0) is 23.6. The largest absolute Gasteiger partial charge is 0.492 e. The summed E-state index contributed by atoms with van der Waals surface area (Å²) in [5.41, 5.74) is 6.15. The first kappa shape index (κ1) is 22.8. The molecule has 3 aromatic rings. The van der Waals surface area contributed by atoms with Gasteiger partial charge in [0.1, 0.15) is 36.4 Å². The van der Waals surface area contributed by atoms with Crippen LogP contribution in [0.3, 0.4) is 0 Å². The Kier molecular flexibility index (Phi) is 6.39. The molecular formula is C23H24FN3O5S. The van der Waals surface area contributed by atoms with Gasteiger partial charge < -0.3 is 15.2 Å². The Morgan fingerprint density at radius 1 is 1.18 bits per heavy atom. The number of carbonyl (C=O) groups excluding carboxylic acids is 1. The molecule has 3 N–H and O–H groups in total. The van der Waals surface area contributed by atoms with E-state index in [-0.39, 0.29) is 30.0 Å². The summed E-state index contributed by atoms with van der Waals surface area (Å²) in [5, 5.41) is 0.631. The van der Waals surface area contributed by atoms with Gasteiger partial charge in [0.25, 0.3) is 5.91 Å². The van der Waals surface area contributed by atoms with E-state index >= 15 is 4.39 Å². The van der Waals surface area contributed by atoms with Crippen molar-refractivity contribution in [3.63, 3.8) is 0 Å². The Balaban J connectivity index is 1.79. The molecule has 1 unspecified atom stereocenters. The predicted molar refractivity (Wildman–Crippen MR) is 123 cm³/mol. The van der Waals surface area contributed by atoms with Crippen LogP contribution >= 0.6 is 0 Å². The van der Waals surface area contributed by atoms with Gasteiger partial charge in [0, 0.05) is 18.4 Å². The van der Waals surface area contributed by atoms with E-state index in [1.54, 1.807) is 18.2 Å². The molecule has 0 saturated carbocycles. The number of anilines is 1. The summed E-state index contributed by atoms with van der Waals surface area (Å²) in [7, 11) is -4.26. The van der Waals surface area contributed by atoms with Gasteiger partial charge in [-0.2, -0.15) is 8.42 Å². The van der Waals surface area contributed by atoms with E-state index in [1.807, 2.05) is 42.0 Å². The molecule has 0 spiro atoms. The molecule has 1 heterocycles. The van der Waals surface area contributed by atoms with E-state index in [2.05, 4.69) is 0 Å². The lowest BCUT2D eigenvalue weighted by Gasteiger charge is -2.23. The van der Waals surface area contributed by atoms with Gasteiger partial charge in [-0.25, -0.2) is 13.4 Å². The fraction of sp³-hybridized carbons (Fsp3) is 0.261. The molecule has 1 aliphatic rings. The Hall–Kier alpha value is -3.37. The third-order valence-corrected chi connectivity index (χ3v) is 6.52. The number of nitrogens with two attached hydrogens (primary N) is 1. The first-order valence-electron chi connectivity index (χ1n) is 10.4. The second-order valence-corrected chi connectivity index (χ2v) is 9.31. The van der Waals surface area contributed by atoms with Crippen LogP contribution < -0.4 is 24.2 Å². The monoisotopic (exact) mass is 473 g/mol. The minimum absolute atomic E-state index is 0.0270. The van der Waals surface area contributed by atoms with Gasteiger partial charge in [0.15, 0.2) is 5.82 Å². The lowest BCUT2D eigenvalue weighted by atomic mass is 10.1. The maximum absolute atomic E-state index is 15.8. The summed E-state index contributed by atoms with van der Waals surface area (Å²) >= 11 is 0. The van der Waals surface area contributed by atoms with E-state index in [9.17, 15) is 13.2 Å². The van der Waals surface area contributed by atoms with Crippen LogP contribution in [0.25, 0.3) is 10.8 Å². The number of nitrogens with zero attached hydrogens (tertiary/aromatic N) is 1. The first-order valence-corrected chi connectivity index (χ1v) is 11.9. The van der Waals surface area contributed by atoms with Gasteiger partial charge in [-0.05, 0) is 36.1 Å². The number of amides is 1. The Morgan fingerprint density at radius 3 is 2.61 bits per heavy atom. The molecular weight excluding hydrogens is 449 g/mol. The zero-order valence-electron chi connectivity index (χ0n) is 18.0. The van der Waals surface area contributed by atoms with E-state index < -0.39 is 34.6 Å². The summed E-state index contributed by atoms with van der Waals surface area (Å²) in [6.07, 6.45) is 0.125. The lowest BCUT2D eigenvalue weighted by Crippen LogP contribution is -2.31. The highest BCUT2D eigenvalue weighted by atomic mass is 32.2. The van der Waals surface area contributed by atoms with Gasteiger partial charge in [-0.15, -0.1) is 0 Å². The minimum Gasteiger partial charge on any atom is -0.492 e. The molecule has 1 atom stereocenters. The summed E-state index contributed by atoms with van der Waals surface area (Å²) < 4.78 is 55.0. The highest BCUT2D eigenvalue weighted by molar-refractivity contribution is 7.92. The molecule has 10 heteroatoms. The van der Waals surface area contributed by atoms with Crippen molar-refractivity contribution in [3.05, 3.63) is 66.0 Å². The molecule has 0 bridgehead atoms. The van der Waals surface area contributed by atoms with Gasteiger partial charge >= 0.3 is 10.2 Å². The highest BCUT2D eigenvalue weighted by Crippen LogP contribution is 2.40. The zero-order valence-corrected chi connectivity index (χ0v) is 18.8. The number of hydrogen-bond donors (Lipinski definition) is 2. The Bertz CT molecular complexity index is 1280. The van der Waals surface area contributed by atoms with Gasteiger partial charge in [0.2, 0.25) is 0 Å². The number of fused-ring (bicyclic) bond motifs is 1. The van der Waals surface area contributed by atoms with E-state index in [0.717, 1.165) is 5.56 Å². The fourth-order valence-corrected chi connectivity index (χ4v) is 4.90. The van der Waals surface area contributed by atoms with Crippen molar-refractivity contribution in [1.29, 1.82) is 0 Å². The lowest BCUT2D eigenvalue weighted by molar-refractivity contribution is -0.117. The van der Waals surface area contributed by atoms with Gasteiger partial charge in [-0.3, -0.25) is 4.79 Å². The SMILES string of the molecule is CC(Cc1ccccc1)Oc1cc2ccc(OCCN)cc2c(F)c1N1CC(=O)NS1(=O)=O. The second-order valence-electron chi connectivity index (χ2n) is 7.71. The predicted octanol–water partition coefficient (Wildman–Crippen LogP) is 2.51. The molecule has 1 aliphatic heterocycles. The molecule has 0 aromatic heterocycles. The molecule has 0 radical (unpaired) electrons. The van der Waals surface area contributed by atoms with Crippen molar-refractivity contribution in [3.8, 4) is 11.5 Å². The molecule has 1 amide bonds. The molecule has 1 fully saturated rings. The standard InChI is InChI=1S/C23H24FN3O5S/c1-15(11-16-5-3-2-4-6-16)32-20-12-17-7-8-18(31-10-9-25)13-19(17)22(24)23(20)27-14-21(28)26-33(27,29)30/h2-8,12-13,15H,9-11,14,25H2,1H3,(H,26,28). The van der Waals surface area contributed by atoms with Crippen molar-refractivity contribution in [2.45, 2.75) is 19.4 Å². The fourth-order valence-electron chi connectivity index (χ4n) is 3.74. The van der Waals surface area contributed by atoms with Crippen molar-refractivity contribution in [2.75, 3.05) is 24.0 Å². The van der Waals surface area contributed by atoms with Crippen LogP contribution in [0.5, 0.6) is 11.5 Å². The molecule has 174 valence electrons. The number of carbonyl (C=O) groups is 1. The summed E-state index contributed by atoms with van der Waals surface area (Å²) in [6, 6.07) is 16.0. The average Bonchev–Trinajstić information content (AvgIpc) is 3.04. The Morgan fingerprint density at radius 2 is 1.94 bits per heavy atom. The van der Waals surface area contributed by atoms with Crippen molar-refractivity contribution < 1.29 is 27.1 Å². The molecule has 33 heavy (non-hydrogen) atoms. The van der Waals surface area contributed by atoms with Crippen LogP contribution in [0.15, 0.2) is 54.6 Å². The highest BCUT2D eigenvalue weighted by Gasteiger charge is 2.38. The minimum atomic E-state index is -4.26. The van der Waals surface area contributed by atoms with E-state index in [4.69, 9.17) is 15.2 Å². The van der Waals surface area contributed by atoms with Crippen molar-refractivity contribution >= 4 is 32.6 Å². The maximum atomic E-state index is 15.8. The van der Waals surface area contributed by atoms with E-state index in [0.29, 0.717) is 21.9 Å². The van der Waals surface area contributed by atoms with Gasteiger partial charge in [0.05, 0.1) is 0 Å². The van der Waals surface area contributed by atoms with E-state index in [1.165, 1.54) is 6.07 Å². The third-order valence-electron chi connectivity index (χ3n) is 5.14. The van der Waals surface area contributed by atoms with Crippen LogP contribution in [-0.2, 0) is 21.4 Å². The van der Waals surface area contributed by atoms with Gasteiger partial charge in [-0.1, -0.05) is 36.4 Å². The smallest absolute Gasteiger partial charge is 0.326 e. The molecule has 3 aromatic carbocycles. The topological polar surface area (TPSA) is 111 Å². The molecule has 1 saturated heterocycles. The molecule has 0 aliphatic carbocycles. The first-order chi connectivity index (χ1) is 15.8.